The molecule has 126 valence electrons. The number of benzene rings is 2. The molecule has 0 saturated carbocycles. The lowest BCUT2D eigenvalue weighted by Gasteiger charge is -2.23. The summed E-state index contributed by atoms with van der Waals surface area (Å²) in [5.74, 6) is -3.37. The third-order valence-electron chi connectivity index (χ3n) is 3.43. The summed E-state index contributed by atoms with van der Waals surface area (Å²) < 4.78 is 26.1. The van der Waals surface area contributed by atoms with Crippen molar-refractivity contribution >= 4 is 34.8 Å². The number of carbonyl (C=O) groups excluding carboxylic acids is 2. The van der Waals surface area contributed by atoms with E-state index in [0.29, 0.717) is 10.7 Å². The lowest BCUT2D eigenvalue weighted by molar-refractivity contribution is -0.135. The first kappa shape index (κ1) is 17.9. The van der Waals surface area contributed by atoms with Crippen molar-refractivity contribution in [3.8, 4) is 0 Å². The molecule has 0 aliphatic heterocycles. The molecule has 0 unspecified atom stereocenters. The third-order valence-corrected chi connectivity index (χ3v) is 3.76. The average molecular weight is 353 g/mol. The highest BCUT2D eigenvalue weighted by Gasteiger charge is 2.36. The summed E-state index contributed by atoms with van der Waals surface area (Å²) in [6.07, 6.45) is 0. The topological polar surface area (TPSA) is 58.2 Å². The second-order valence-corrected chi connectivity index (χ2v) is 6.05. The minimum Gasteiger partial charge on any atom is -0.325 e. The molecule has 7 heteroatoms. The fraction of sp³-hybridized carbons (Fsp3) is 0.176. The van der Waals surface area contributed by atoms with Gasteiger partial charge in [-0.15, -0.1) is 0 Å². The van der Waals surface area contributed by atoms with Crippen LogP contribution in [0.15, 0.2) is 42.5 Å². The summed E-state index contributed by atoms with van der Waals surface area (Å²) in [4.78, 5) is 24.7. The number of hydrogen-bond donors (Lipinski definition) is 2. The molecule has 2 amide bonds. The zero-order valence-corrected chi connectivity index (χ0v) is 13.7. The molecule has 2 aromatic rings. The molecule has 0 heterocycles. The van der Waals surface area contributed by atoms with Crippen LogP contribution >= 0.6 is 11.6 Å². The Morgan fingerprint density at radius 2 is 1.58 bits per heavy atom. The molecule has 24 heavy (non-hydrogen) atoms. The summed E-state index contributed by atoms with van der Waals surface area (Å²) in [5.41, 5.74) is -1.04. The number of anilines is 2. The van der Waals surface area contributed by atoms with E-state index in [0.717, 1.165) is 12.1 Å². The van der Waals surface area contributed by atoms with Crippen LogP contribution in [0.4, 0.5) is 20.2 Å². The molecule has 0 bridgehead atoms. The van der Waals surface area contributed by atoms with E-state index in [9.17, 15) is 18.4 Å². The quantitative estimate of drug-likeness (QED) is 0.809. The van der Waals surface area contributed by atoms with Crippen molar-refractivity contribution in [2.75, 3.05) is 10.6 Å². The van der Waals surface area contributed by atoms with E-state index >= 15 is 0 Å². The summed E-state index contributed by atoms with van der Waals surface area (Å²) in [5, 5.41) is 5.30. The van der Waals surface area contributed by atoms with Crippen molar-refractivity contribution in [2.45, 2.75) is 13.8 Å². The first-order valence-electron chi connectivity index (χ1n) is 7.04. The van der Waals surface area contributed by atoms with Crippen LogP contribution in [0.2, 0.25) is 5.02 Å². The van der Waals surface area contributed by atoms with Gasteiger partial charge in [0.1, 0.15) is 5.41 Å². The molecular formula is C17H15ClF2N2O2. The normalized spacial score (nSPS) is 11.0. The Hall–Kier alpha value is -2.47. The first-order valence-corrected chi connectivity index (χ1v) is 7.42. The number of nitrogens with one attached hydrogen (secondary N) is 2. The second kappa shape index (κ2) is 6.97. The largest absolute Gasteiger partial charge is 0.325 e. The van der Waals surface area contributed by atoms with Crippen LogP contribution in [0.1, 0.15) is 13.8 Å². The number of rotatable bonds is 4. The maximum Gasteiger partial charge on any atom is 0.239 e. The lowest BCUT2D eigenvalue weighted by atomic mass is 9.90. The summed E-state index contributed by atoms with van der Waals surface area (Å²) in [7, 11) is 0. The monoisotopic (exact) mass is 352 g/mol. The molecule has 2 rings (SSSR count). The molecule has 2 aromatic carbocycles. The number of hydrogen-bond acceptors (Lipinski definition) is 2. The van der Waals surface area contributed by atoms with E-state index in [1.165, 1.54) is 19.9 Å². The van der Waals surface area contributed by atoms with Crippen LogP contribution in [0, 0.1) is 17.0 Å². The highest BCUT2D eigenvalue weighted by atomic mass is 35.5. The predicted molar refractivity (Wildman–Crippen MR) is 88.9 cm³/mol. The number of halogens is 3. The zero-order chi connectivity index (χ0) is 17.9. The minimum atomic E-state index is -1.47. The fourth-order valence-electron chi connectivity index (χ4n) is 1.81. The minimum absolute atomic E-state index is 0.0533. The second-order valence-electron chi connectivity index (χ2n) is 5.64. The maximum absolute atomic E-state index is 13.2. The van der Waals surface area contributed by atoms with Crippen molar-refractivity contribution in [3.05, 3.63) is 59.1 Å². The van der Waals surface area contributed by atoms with E-state index in [4.69, 9.17) is 11.6 Å². The smallest absolute Gasteiger partial charge is 0.239 e. The molecule has 0 atom stereocenters. The van der Waals surface area contributed by atoms with Crippen LogP contribution in [0.3, 0.4) is 0 Å². The molecule has 0 fully saturated rings. The molecular weight excluding hydrogens is 338 g/mol. The third kappa shape index (κ3) is 3.89. The van der Waals surface area contributed by atoms with E-state index in [-0.39, 0.29) is 5.69 Å². The molecule has 0 aliphatic carbocycles. The molecule has 4 nitrogen and oxygen atoms in total. The molecule has 0 aromatic heterocycles. The fourth-order valence-corrected chi connectivity index (χ4v) is 1.99. The highest BCUT2D eigenvalue weighted by Crippen LogP contribution is 2.25. The van der Waals surface area contributed by atoms with E-state index < -0.39 is 28.9 Å². The van der Waals surface area contributed by atoms with Crippen LogP contribution in [-0.2, 0) is 9.59 Å². The molecule has 2 N–H and O–H groups in total. The van der Waals surface area contributed by atoms with Crippen molar-refractivity contribution in [3.63, 3.8) is 0 Å². The Balaban J connectivity index is 2.13. The number of para-hydroxylation sites is 1. The summed E-state index contributed by atoms with van der Waals surface area (Å²) >= 11 is 5.97. The van der Waals surface area contributed by atoms with Crippen LogP contribution in [0.5, 0.6) is 0 Å². The first-order chi connectivity index (χ1) is 11.2. The Morgan fingerprint density at radius 1 is 0.958 bits per heavy atom. The van der Waals surface area contributed by atoms with Gasteiger partial charge in [0.25, 0.3) is 0 Å². The summed E-state index contributed by atoms with van der Waals surface area (Å²) in [6.45, 7) is 2.82. The molecule has 0 saturated heterocycles. The van der Waals surface area contributed by atoms with Crippen molar-refractivity contribution in [2.24, 2.45) is 5.41 Å². The number of carbonyl (C=O) groups is 2. The standard InChI is InChI=1S/C17H15ClF2N2O2/c1-17(2,16(24)22-14-6-4-3-5-11(14)18)15(23)21-10-7-8-12(19)13(20)9-10/h3-9H,1-2H3,(H,21,23)(H,22,24). The van der Waals surface area contributed by atoms with Crippen LogP contribution in [-0.4, -0.2) is 11.8 Å². The SMILES string of the molecule is CC(C)(C(=O)Nc1ccc(F)c(F)c1)C(=O)Nc1ccccc1Cl. The molecule has 0 radical (unpaired) electrons. The zero-order valence-electron chi connectivity index (χ0n) is 13.0. The predicted octanol–water partition coefficient (Wildman–Crippen LogP) is 4.22. The van der Waals surface area contributed by atoms with Gasteiger partial charge < -0.3 is 10.6 Å². The maximum atomic E-state index is 13.2. The van der Waals surface area contributed by atoms with Crippen molar-refractivity contribution < 1.29 is 18.4 Å². The van der Waals surface area contributed by atoms with Gasteiger partial charge in [-0.3, -0.25) is 9.59 Å². The van der Waals surface area contributed by atoms with Gasteiger partial charge in [-0.2, -0.15) is 0 Å². The van der Waals surface area contributed by atoms with Crippen molar-refractivity contribution in [1.29, 1.82) is 0 Å². The van der Waals surface area contributed by atoms with Gasteiger partial charge >= 0.3 is 0 Å². The van der Waals surface area contributed by atoms with E-state index in [2.05, 4.69) is 10.6 Å². The molecule has 0 spiro atoms. The lowest BCUT2D eigenvalue weighted by Crippen LogP contribution is -2.41. The van der Waals surface area contributed by atoms with Gasteiger partial charge in [0, 0.05) is 11.8 Å². The van der Waals surface area contributed by atoms with E-state index in [1.807, 2.05) is 0 Å². The van der Waals surface area contributed by atoms with Gasteiger partial charge in [0.15, 0.2) is 11.6 Å². The van der Waals surface area contributed by atoms with Gasteiger partial charge in [-0.05, 0) is 38.1 Å². The van der Waals surface area contributed by atoms with Gasteiger partial charge in [-0.25, -0.2) is 8.78 Å². The Labute approximate surface area is 142 Å². The average Bonchev–Trinajstić information content (AvgIpc) is 2.53. The highest BCUT2D eigenvalue weighted by molar-refractivity contribution is 6.34. The van der Waals surface area contributed by atoms with Gasteiger partial charge in [0.2, 0.25) is 11.8 Å². The van der Waals surface area contributed by atoms with Crippen molar-refractivity contribution in [1.82, 2.24) is 0 Å². The Morgan fingerprint density at radius 3 is 2.21 bits per heavy atom. The van der Waals surface area contributed by atoms with Gasteiger partial charge in [0.05, 0.1) is 10.7 Å². The molecule has 0 aliphatic rings. The van der Waals surface area contributed by atoms with Crippen LogP contribution in [0.25, 0.3) is 0 Å². The number of amides is 2. The van der Waals surface area contributed by atoms with E-state index in [1.54, 1.807) is 24.3 Å². The van der Waals surface area contributed by atoms with Gasteiger partial charge in [-0.1, -0.05) is 23.7 Å². The summed E-state index contributed by atoms with van der Waals surface area (Å²) in [6, 6.07) is 9.54. The van der Waals surface area contributed by atoms with Crippen LogP contribution < -0.4 is 10.6 Å². The Bertz CT molecular complexity index is 794. The Kier molecular flexibility index (Phi) is 5.19.